The number of nitrogens with zero attached hydrogens (tertiary/aromatic N) is 1. The summed E-state index contributed by atoms with van der Waals surface area (Å²) in [6.45, 7) is 6.90. The molecular weight excluding hydrogens is 272 g/mol. The Kier molecular flexibility index (Phi) is 5.17. The van der Waals surface area contributed by atoms with Crippen molar-refractivity contribution in [3.8, 4) is 0 Å². The zero-order valence-electron chi connectivity index (χ0n) is 13.8. The third-order valence-electron chi connectivity index (χ3n) is 5.46. The summed E-state index contributed by atoms with van der Waals surface area (Å²) in [6, 6.07) is 10.8. The van der Waals surface area contributed by atoms with E-state index in [-0.39, 0.29) is 11.5 Å². The second kappa shape index (κ2) is 7.12. The summed E-state index contributed by atoms with van der Waals surface area (Å²) < 4.78 is 0. The van der Waals surface area contributed by atoms with Gasteiger partial charge in [-0.25, -0.2) is 0 Å². The van der Waals surface area contributed by atoms with Crippen molar-refractivity contribution >= 4 is 0 Å². The van der Waals surface area contributed by atoms with Crippen molar-refractivity contribution in [2.45, 2.75) is 51.2 Å². The van der Waals surface area contributed by atoms with E-state index in [0.717, 1.165) is 24.9 Å². The normalized spacial score (nSPS) is 23.4. The summed E-state index contributed by atoms with van der Waals surface area (Å²) in [5.74, 6) is 0. The number of benzene rings is 1. The first-order valence-corrected chi connectivity index (χ1v) is 8.92. The number of nitrogens with one attached hydrogen (secondary N) is 1. The van der Waals surface area contributed by atoms with Gasteiger partial charge in [0.05, 0.1) is 6.10 Å². The second-order valence-electron chi connectivity index (χ2n) is 7.17. The number of piperidine rings is 1. The topological polar surface area (TPSA) is 35.5 Å². The molecule has 3 nitrogen and oxygen atoms in total. The van der Waals surface area contributed by atoms with E-state index in [9.17, 15) is 5.11 Å². The molecule has 1 aromatic carbocycles. The van der Waals surface area contributed by atoms with Gasteiger partial charge in [-0.2, -0.15) is 0 Å². The molecule has 1 aromatic rings. The second-order valence-corrected chi connectivity index (χ2v) is 7.17. The Labute approximate surface area is 134 Å². The zero-order chi connectivity index (χ0) is 15.4. The number of hydrogen-bond acceptors (Lipinski definition) is 3. The molecule has 1 aliphatic heterocycles. The average molecular weight is 302 g/mol. The summed E-state index contributed by atoms with van der Waals surface area (Å²) in [4.78, 5) is 2.57. The van der Waals surface area contributed by atoms with Crippen molar-refractivity contribution in [3.63, 3.8) is 0 Å². The minimum absolute atomic E-state index is 0.0852. The molecule has 2 N–H and O–H groups in total. The molecule has 22 heavy (non-hydrogen) atoms. The standard InChI is InChI=1S/C19H30N2O/c1-2-12-21-13-8-17(9-14-21)20-15-19(10-11-19)18(22)16-6-4-3-5-7-16/h3-7,17-18,20,22H,2,8-15H2,1H3. The van der Waals surface area contributed by atoms with Crippen LogP contribution in [0, 0.1) is 5.41 Å². The van der Waals surface area contributed by atoms with Crippen molar-refractivity contribution < 1.29 is 5.11 Å². The highest BCUT2D eigenvalue weighted by atomic mass is 16.3. The van der Waals surface area contributed by atoms with Crippen molar-refractivity contribution in [1.82, 2.24) is 10.2 Å². The molecule has 2 fully saturated rings. The Bertz CT molecular complexity index is 450. The van der Waals surface area contributed by atoms with Crippen LogP contribution >= 0.6 is 0 Å². The summed E-state index contributed by atoms with van der Waals surface area (Å²) in [5, 5.41) is 14.5. The van der Waals surface area contributed by atoms with Gasteiger partial charge in [-0.15, -0.1) is 0 Å². The molecule has 1 aliphatic carbocycles. The van der Waals surface area contributed by atoms with Crippen LogP contribution in [-0.2, 0) is 0 Å². The largest absolute Gasteiger partial charge is 0.388 e. The van der Waals surface area contributed by atoms with Crippen LogP contribution in [0.5, 0.6) is 0 Å². The lowest BCUT2D eigenvalue weighted by atomic mass is 9.92. The smallest absolute Gasteiger partial charge is 0.0858 e. The first-order valence-electron chi connectivity index (χ1n) is 8.92. The van der Waals surface area contributed by atoms with Gasteiger partial charge >= 0.3 is 0 Å². The number of hydrogen-bond donors (Lipinski definition) is 2. The van der Waals surface area contributed by atoms with E-state index in [1.165, 1.54) is 38.9 Å². The quantitative estimate of drug-likeness (QED) is 0.813. The molecule has 0 amide bonds. The molecule has 122 valence electrons. The van der Waals surface area contributed by atoms with E-state index in [2.05, 4.69) is 17.1 Å². The summed E-state index contributed by atoms with van der Waals surface area (Å²) in [5.41, 5.74) is 1.15. The number of likely N-dealkylation sites (tertiary alicyclic amines) is 1. The molecule has 0 bridgehead atoms. The minimum atomic E-state index is -0.318. The van der Waals surface area contributed by atoms with Gasteiger partial charge in [0, 0.05) is 18.0 Å². The lowest BCUT2D eigenvalue weighted by molar-refractivity contribution is 0.0867. The summed E-state index contributed by atoms with van der Waals surface area (Å²) in [6.07, 6.45) is 5.72. The SMILES string of the molecule is CCCN1CCC(NCC2(C(O)c3ccccc3)CC2)CC1. The van der Waals surface area contributed by atoms with Gasteiger partial charge < -0.3 is 15.3 Å². The Morgan fingerprint density at radius 3 is 2.50 bits per heavy atom. The molecule has 1 saturated heterocycles. The van der Waals surface area contributed by atoms with Gasteiger partial charge in [-0.1, -0.05) is 37.3 Å². The van der Waals surface area contributed by atoms with Crippen LogP contribution in [0.2, 0.25) is 0 Å². The third kappa shape index (κ3) is 3.70. The van der Waals surface area contributed by atoms with Crippen molar-refractivity contribution in [2.75, 3.05) is 26.2 Å². The lowest BCUT2D eigenvalue weighted by Crippen LogP contribution is -2.44. The van der Waals surface area contributed by atoms with Crippen LogP contribution in [0.1, 0.15) is 50.7 Å². The van der Waals surface area contributed by atoms with E-state index in [4.69, 9.17) is 0 Å². The van der Waals surface area contributed by atoms with E-state index in [1.54, 1.807) is 0 Å². The molecule has 1 saturated carbocycles. The third-order valence-corrected chi connectivity index (χ3v) is 5.46. The number of aliphatic hydroxyl groups excluding tert-OH is 1. The molecule has 1 unspecified atom stereocenters. The number of aliphatic hydroxyl groups is 1. The molecule has 1 heterocycles. The maximum Gasteiger partial charge on any atom is 0.0858 e. The van der Waals surface area contributed by atoms with Gasteiger partial charge in [0.1, 0.15) is 0 Å². The molecule has 0 aromatic heterocycles. The average Bonchev–Trinajstić information content (AvgIpc) is 3.36. The molecule has 3 heteroatoms. The van der Waals surface area contributed by atoms with Crippen LogP contribution in [0.25, 0.3) is 0 Å². The van der Waals surface area contributed by atoms with Crippen molar-refractivity contribution in [2.24, 2.45) is 5.41 Å². The Hall–Kier alpha value is -0.900. The highest BCUT2D eigenvalue weighted by Gasteiger charge is 2.49. The van der Waals surface area contributed by atoms with Gasteiger partial charge in [-0.3, -0.25) is 0 Å². The van der Waals surface area contributed by atoms with Crippen LogP contribution in [-0.4, -0.2) is 42.2 Å². The van der Waals surface area contributed by atoms with Crippen molar-refractivity contribution in [3.05, 3.63) is 35.9 Å². The monoisotopic (exact) mass is 302 g/mol. The highest BCUT2D eigenvalue weighted by molar-refractivity contribution is 5.22. The summed E-state index contributed by atoms with van der Waals surface area (Å²) >= 11 is 0. The van der Waals surface area contributed by atoms with Gasteiger partial charge in [0.15, 0.2) is 0 Å². The fraction of sp³-hybridized carbons (Fsp3) is 0.684. The Morgan fingerprint density at radius 2 is 1.91 bits per heavy atom. The molecule has 1 atom stereocenters. The van der Waals surface area contributed by atoms with E-state index in [0.29, 0.717) is 6.04 Å². The van der Waals surface area contributed by atoms with Gasteiger partial charge in [0.2, 0.25) is 0 Å². The fourth-order valence-electron chi connectivity index (χ4n) is 3.72. The highest BCUT2D eigenvalue weighted by Crippen LogP contribution is 2.54. The van der Waals surface area contributed by atoms with E-state index < -0.39 is 0 Å². The molecule has 3 rings (SSSR count). The summed E-state index contributed by atoms with van der Waals surface area (Å²) in [7, 11) is 0. The minimum Gasteiger partial charge on any atom is -0.388 e. The molecule has 0 spiro atoms. The lowest BCUT2D eigenvalue weighted by Gasteiger charge is -2.33. The van der Waals surface area contributed by atoms with Gasteiger partial charge in [-0.05, 0) is 57.3 Å². The predicted octanol–water partition coefficient (Wildman–Crippen LogP) is 2.96. The first-order chi connectivity index (χ1) is 10.7. The number of rotatable bonds is 7. The van der Waals surface area contributed by atoms with Crippen LogP contribution in [0.4, 0.5) is 0 Å². The van der Waals surface area contributed by atoms with Gasteiger partial charge in [0.25, 0.3) is 0 Å². The fourth-order valence-corrected chi connectivity index (χ4v) is 3.72. The molecule has 2 aliphatic rings. The zero-order valence-corrected chi connectivity index (χ0v) is 13.8. The van der Waals surface area contributed by atoms with E-state index >= 15 is 0 Å². The van der Waals surface area contributed by atoms with Crippen LogP contribution < -0.4 is 5.32 Å². The van der Waals surface area contributed by atoms with Crippen LogP contribution in [0.15, 0.2) is 30.3 Å². The molecule has 0 radical (unpaired) electrons. The first kappa shape index (κ1) is 16.0. The Balaban J connectivity index is 1.47. The maximum atomic E-state index is 10.7. The van der Waals surface area contributed by atoms with Crippen molar-refractivity contribution in [1.29, 1.82) is 0 Å². The predicted molar refractivity (Wildman–Crippen MR) is 90.8 cm³/mol. The maximum absolute atomic E-state index is 10.7. The van der Waals surface area contributed by atoms with E-state index in [1.807, 2.05) is 30.3 Å². The molecular formula is C19H30N2O. The Morgan fingerprint density at radius 1 is 1.23 bits per heavy atom. The van der Waals surface area contributed by atoms with Crippen LogP contribution in [0.3, 0.4) is 0 Å².